The molecule has 0 unspecified atom stereocenters. The van der Waals surface area contributed by atoms with Gasteiger partial charge >= 0.3 is 0 Å². The molecule has 2 heterocycles. The summed E-state index contributed by atoms with van der Waals surface area (Å²) in [6.07, 6.45) is 3.35. The predicted octanol–water partition coefficient (Wildman–Crippen LogP) is 4.24. The Morgan fingerprint density at radius 2 is 1.97 bits per heavy atom. The van der Waals surface area contributed by atoms with Crippen LogP contribution < -0.4 is 14.8 Å². The predicted molar refractivity (Wildman–Crippen MR) is 138 cm³/mol. The zero-order valence-corrected chi connectivity index (χ0v) is 20.9. The molecular weight excluding hydrogens is 462 g/mol. The molecule has 1 aliphatic rings. The first-order valence-electron chi connectivity index (χ1n) is 11.7. The molecule has 1 atom stereocenters. The van der Waals surface area contributed by atoms with Gasteiger partial charge in [0.05, 0.1) is 37.1 Å². The number of aromatic nitrogens is 1. The molecule has 1 amide bonds. The van der Waals surface area contributed by atoms with Crippen LogP contribution in [-0.4, -0.2) is 55.7 Å². The molecule has 0 aliphatic carbocycles. The van der Waals surface area contributed by atoms with Crippen molar-refractivity contribution in [3.8, 4) is 11.5 Å². The monoisotopic (exact) mass is 493 g/mol. The van der Waals surface area contributed by atoms with Crippen LogP contribution in [-0.2, 0) is 16.1 Å². The van der Waals surface area contributed by atoms with Crippen molar-refractivity contribution in [2.24, 2.45) is 0 Å². The van der Waals surface area contributed by atoms with Crippen molar-refractivity contribution in [1.29, 1.82) is 0 Å². The maximum atomic E-state index is 12.9. The molecule has 1 aliphatic heterocycles. The molecule has 1 aromatic heterocycles. The van der Waals surface area contributed by atoms with Gasteiger partial charge in [-0.1, -0.05) is 30.3 Å². The van der Waals surface area contributed by atoms with Gasteiger partial charge in [-0.15, -0.1) is 11.3 Å². The van der Waals surface area contributed by atoms with E-state index in [9.17, 15) is 4.79 Å². The molecule has 0 saturated carbocycles. The van der Waals surface area contributed by atoms with Crippen LogP contribution in [0.4, 0.5) is 0 Å². The van der Waals surface area contributed by atoms with Gasteiger partial charge < -0.3 is 19.5 Å². The highest BCUT2D eigenvalue weighted by Crippen LogP contribution is 2.22. The normalized spacial score (nSPS) is 15.1. The maximum Gasteiger partial charge on any atom is 0.244 e. The quantitative estimate of drug-likeness (QED) is 0.426. The molecule has 2 aromatic carbocycles. The molecule has 0 bridgehead atoms. The number of hydrogen-bond donors (Lipinski definition) is 1. The summed E-state index contributed by atoms with van der Waals surface area (Å²) in [5.41, 5.74) is 2.76. The first-order valence-corrected chi connectivity index (χ1v) is 12.5. The van der Waals surface area contributed by atoms with Crippen LogP contribution in [0.1, 0.15) is 27.9 Å². The number of carbonyl (C=O) groups is 1. The van der Waals surface area contributed by atoms with E-state index in [2.05, 4.69) is 15.2 Å². The lowest BCUT2D eigenvalue weighted by Gasteiger charge is -2.31. The van der Waals surface area contributed by atoms with Crippen LogP contribution in [0.3, 0.4) is 0 Å². The van der Waals surface area contributed by atoms with Crippen molar-refractivity contribution < 1.29 is 19.0 Å². The number of nitrogens with zero attached hydrogens (tertiary/aromatic N) is 2. The number of hydrogen-bond acceptors (Lipinski definition) is 7. The fourth-order valence-electron chi connectivity index (χ4n) is 3.87. The minimum atomic E-state index is -0.163. The number of rotatable bonds is 10. The van der Waals surface area contributed by atoms with Gasteiger partial charge in [0.2, 0.25) is 5.91 Å². The van der Waals surface area contributed by atoms with E-state index in [0.29, 0.717) is 32.1 Å². The second-order valence-electron chi connectivity index (χ2n) is 8.27. The van der Waals surface area contributed by atoms with E-state index in [4.69, 9.17) is 14.2 Å². The Labute approximate surface area is 210 Å². The third-order valence-electron chi connectivity index (χ3n) is 5.75. The lowest BCUT2D eigenvalue weighted by atomic mass is 10.1. The van der Waals surface area contributed by atoms with E-state index in [0.717, 1.165) is 40.7 Å². The Kier molecular flexibility index (Phi) is 8.89. The van der Waals surface area contributed by atoms with E-state index in [1.807, 2.05) is 60.8 Å². The van der Waals surface area contributed by atoms with Crippen LogP contribution in [0.2, 0.25) is 0 Å². The standard InChI is InChI=1S/C27H31N3O4S/c1-20-28-23(19-35-20)18-34-26-6-4-3-5-22(26)9-12-27(31)29-25(17-30-13-15-33-16-14-30)21-7-10-24(32-2)11-8-21/h3-12,19,25H,13-18H2,1-2H3,(H,29,31)/b12-9-/t25-/m0/s1. The van der Waals surface area contributed by atoms with Crippen LogP contribution in [0, 0.1) is 6.92 Å². The van der Waals surface area contributed by atoms with Crippen molar-refractivity contribution >= 4 is 23.3 Å². The van der Waals surface area contributed by atoms with Crippen molar-refractivity contribution in [2.45, 2.75) is 19.6 Å². The van der Waals surface area contributed by atoms with Gasteiger partial charge in [-0.05, 0) is 36.8 Å². The number of morpholine rings is 1. The molecule has 8 heteroatoms. The Morgan fingerprint density at radius 3 is 2.69 bits per heavy atom. The van der Waals surface area contributed by atoms with Crippen molar-refractivity contribution in [2.75, 3.05) is 40.0 Å². The van der Waals surface area contributed by atoms with Crippen LogP contribution >= 0.6 is 11.3 Å². The van der Waals surface area contributed by atoms with E-state index >= 15 is 0 Å². The molecule has 35 heavy (non-hydrogen) atoms. The highest BCUT2D eigenvalue weighted by molar-refractivity contribution is 7.09. The van der Waals surface area contributed by atoms with Gasteiger partial charge in [0.15, 0.2) is 0 Å². The highest BCUT2D eigenvalue weighted by atomic mass is 32.1. The number of nitrogens with one attached hydrogen (secondary N) is 1. The molecule has 3 aromatic rings. The molecule has 184 valence electrons. The summed E-state index contributed by atoms with van der Waals surface area (Å²) in [6.45, 7) is 6.19. The summed E-state index contributed by atoms with van der Waals surface area (Å²) in [6, 6.07) is 15.3. The minimum Gasteiger partial charge on any atom is -0.497 e. The first kappa shape index (κ1) is 24.9. The third kappa shape index (κ3) is 7.39. The molecule has 1 fully saturated rings. The topological polar surface area (TPSA) is 72.9 Å². The molecule has 1 saturated heterocycles. The Morgan fingerprint density at radius 1 is 1.20 bits per heavy atom. The zero-order chi connectivity index (χ0) is 24.5. The number of aryl methyl sites for hydroxylation is 1. The second-order valence-corrected chi connectivity index (χ2v) is 9.33. The first-order chi connectivity index (χ1) is 17.1. The highest BCUT2D eigenvalue weighted by Gasteiger charge is 2.20. The minimum absolute atomic E-state index is 0.157. The van der Waals surface area contributed by atoms with Gasteiger partial charge in [-0.25, -0.2) is 4.98 Å². The fraction of sp³-hybridized carbons (Fsp3) is 0.333. The molecule has 0 radical (unpaired) electrons. The largest absolute Gasteiger partial charge is 0.497 e. The summed E-state index contributed by atoms with van der Waals surface area (Å²) >= 11 is 1.60. The van der Waals surface area contributed by atoms with Gasteiger partial charge in [-0.2, -0.15) is 0 Å². The Bertz CT molecular complexity index is 1120. The van der Waals surface area contributed by atoms with Crippen molar-refractivity contribution in [3.63, 3.8) is 0 Å². The summed E-state index contributed by atoms with van der Waals surface area (Å²) in [5, 5.41) is 6.18. The van der Waals surface area contributed by atoms with E-state index < -0.39 is 0 Å². The smallest absolute Gasteiger partial charge is 0.244 e. The molecular formula is C27H31N3O4S. The zero-order valence-electron chi connectivity index (χ0n) is 20.1. The van der Waals surface area contributed by atoms with Crippen LogP contribution in [0.5, 0.6) is 11.5 Å². The SMILES string of the molecule is COc1ccc([C@H](CN2CCOCC2)NC(=O)/C=C\c2ccccc2OCc2csc(C)n2)cc1. The number of methoxy groups -OCH3 is 1. The van der Waals surface area contributed by atoms with E-state index in [1.165, 1.54) is 0 Å². The van der Waals surface area contributed by atoms with Crippen LogP contribution in [0.15, 0.2) is 60.0 Å². The lowest BCUT2D eigenvalue weighted by molar-refractivity contribution is -0.117. The second kappa shape index (κ2) is 12.5. The molecule has 0 spiro atoms. The van der Waals surface area contributed by atoms with Gasteiger partial charge in [0.25, 0.3) is 0 Å². The molecule has 7 nitrogen and oxygen atoms in total. The van der Waals surface area contributed by atoms with Crippen LogP contribution in [0.25, 0.3) is 6.08 Å². The average molecular weight is 494 g/mol. The summed E-state index contributed by atoms with van der Waals surface area (Å²) in [4.78, 5) is 19.7. The number of benzene rings is 2. The number of para-hydroxylation sites is 1. The lowest BCUT2D eigenvalue weighted by Crippen LogP contribution is -2.42. The number of amides is 1. The number of thiazole rings is 1. The molecule has 4 rings (SSSR count). The van der Waals surface area contributed by atoms with Crippen molar-refractivity contribution in [3.05, 3.63) is 81.8 Å². The van der Waals surface area contributed by atoms with E-state index in [1.54, 1.807) is 30.6 Å². The summed E-state index contributed by atoms with van der Waals surface area (Å²) in [5.74, 6) is 1.33. The number of carbonyl (C=O) groups excluding carboxylic acids is 1. The molecule has 1 N–H and O–H groups in total. The average Bonchev–Trinajstić information content (AvgIpc) is 3.32. The van der Waals surface area contributed by atoms with Gasteiger partial charge in [0.1, 0.15) is 18.1 Å². The van der Waals surface area contributed by atoms with Gasteiger partial charge in [0, 0.05) is 36.7 Å². The Hall–Kier alpha value is -3.20. The third-order valence-corrected chi connectivity index (χ3v) is 6.58. The number of ether oxygens (including phenoxy) is 3. The fourth-order valence-corrected chi connectivity index (χ4v) is 4.47. The van der Waals surface area contributed by atoms with Crippen molar-refractivity contribution in [1.82, 2.24) is 15.2 Å². The summed E-state index contributed by atoms with van der Waals surface area (Å²) < 4.78 is 16.7. The Balaban J connectivity index is 1.43. The maximum absolute atomic E-state index is 12.9. The summed E-state index contributed by atoms with van der Waals surface area (Å²) in [7, 11) is 1.65. The van der Waals surface area contributed by atoms with E-state index in [-0.39, 0.29) is 11.9 Å². The van der Waals surface area contributed by atoms with Gasteiger partial charge in [-0.3, -0.25) is 9.69 Å².